The third-order valence-electron chi connectivity index (χ3n) is 3.70. The van der Waals surface area contributed by atoms with Gasteiger partial charge in [-0.2, -0.15) is 8.42 Å². The summed E-state index contributed by atoms with van der Waals surface area (Å²) < 4.78 is 34.7. The Morgan fingerprint density at radius 1 is 1.15 bits per heavy atom. The maximum absolute atomic E-state index is 12.1. The fraction of sp³-hybridized carbons (Fsp3) is 0.600. The van der Waals surface area contributed by atoms with Gasteiger partial charge in [-0.1, -0.05) is 25.3 Å². The van der Waals surface area contributed by atoms with Gasteiger partial charge >= 0.3 is 10.1 Å². The molecule has 0 saturated heterocycles. The number of ether oxygens (including phenoxy) is 1. The molecule has 1 aromatic carbocycles. The van der Waals surface area contributed by atoms with Gasteiger partial charge in [0.2, 0.25) is 0 Å². The van der Waals surface area contributed by atoms with E-state index in [0.29, 0.717) is 5.75 Å². The van der Waals surface area contributed by atoms with Crippen molar-refractivity contribution in [1.82, 2.24) is 0 Å². The van der Waals surface area contributed by atoms with Crippen LogP contribution in [0.4, 0.5) is 0 Å². The van der Waals surface area contributed by atoms with E-state index in [4.69, 9.17) is 8.92 Å². The summed E-state index contributed by atoms with van der Waals surface area (Å²) in [6.07, 6.45) is 5.41. The van der Waals surface area contributed by atoms with E-state index in [1.165, 1.54) is 13.5 Å². The second-order valence-electron chi connectivity index (χ2n) is 5.47. The Morgan fingerprint density at radius 2 is 1.85 bits per heavy atom. The summed E-state index contributed by atoms with van der Waals surface area (Å²) in [7, 11) is -2.05. The van der Waals surface area contributed by atoms with Gasteiger partial charge in [0.05, 0.1) is 12.9 Å². The van der Waals surface area contributed by atoms with Crippen LogP contribution in [-0.2, 0) is 10.1 Å². The predicted molar refractivity (Wildman–Crippen MR) is 78.7 cm³/mol. The number of aryl methyl sites for hydroxylation is 1. The van der Waals surface area contributed by atoms with E-state index < -0.39 is 10.1 Å². The highest BCUT2D eigenvalue weighted by Crippen LogP contribution is 2.31. The van der Waals surface area contributed by atoms with Crippen LogP contribution in [0, 0.1) is 12.8 Å². The predicted octanol–water partition coefficient (Wildman–Crippen LogP) is 3.29. The minimum absolute atomic E-state index is 0.101. The van der Waals surface area contributed by atoms with Crippen LogP contribution in [0.5, 0.6) is 11.5 Å². The summed E-state index contributed by atoms with van der Waals surface area (Å²) in [5.74, 6) is 1.06. The Balaban J connectivity index is 2.07. The zero-order valence-corrected chi connectivity index (χ0v) is 12.9. The van der Waals surface area contributed by atoms with Gasteiger partial charge in [-0.05, 0) is 43.4 Å². The fourth-order valence-electron chi connectivity index (χ4n) is 2.66. The minimum Gasteiger partial charge on any atom is -0.493 e. The summed E-state index contributed by atoms with van der Waals surface area (Å²) >= 11 is 0. The van der Waals surface area contributed by atoms with Gasteiger partial charge in [-0.15, -0.1) is 0 Å². The molecule has 0 spiro atoms. The molecule has 1 aliphatic rings. The van der Waals surface area contributed by atoms with Gasteiger partial charge in [0.25, 0.3) is 0 Å². The molecule has 20 heavy (non-hydrogen) atoms. The van der Waals surface area contributed by atoms with E-state index >= 15 is 0 Å². The summed E-state index contributed by atoms with van der Waals surface area (Å²) in [6.45, 7) is 1.92. The van der Waals surface area contributed by atoms with Crippen LogP contribution in [0.25, 0.3) is 0 Å². The summed E-state index contributed by atoms with van der Waals surface area (Å²) in [5, 5.41) is 0. The van der Waals surface area contributed by atoms with E-state index in [1.807, 2.05) is 13.0 Å². The molecule has 0 aromatic heterocycles. The van der Waals surface area contributed by atoms with Gasteiger partial charge in [0.15, 0.2) is 11.5 Å². The first-order valence-electron chi connectivity index (χ1n) is 7.07. The lowest BCUT2D eigenvalue weighted by Gasteiger charge is -2.21. The van der Waals surface area contributed by atoms with Gasteiger partial charge in [-0.25, -0.2) is 0 Å². The number of benzene rings is 1. The molecule has 0 bridgehead atoms. The Labute approximate surface area is 121 Å². The van der Waals surface area contributed by atoms with Crippen LogP contribution in [0.3, 0.4) is 0 Å². The fourth-order valence-corrected chi connectivity index (χ4v) is 4.05. The molecule has 1 saturated carbocycles. The molecule has 2 rings (SSSR count). The Kier molecular flexibility index (Phi) is 4.91. The van der Waals surface area contributed by atoms with Crippen molar-refractivity contribution in [1.29, 1.82) is 0 Å². The molecule has 0 aliphatic heterocycles. The van der Waals surface area contributed by atoms with Crippen molar-refractivity contribution in [2.75, 3.05) is 12.9 Å². The largest absolute Gasteiger partial charge is 0.493 e. The molecule has 0 N–H and O–H groups in total. The quantitative estimate of drug-likeness (QED) is 0.783. The molecule has 0 heterocycles. The molecule has 0 unspecified atom stereocenters. The van der Waals surface area contributed by atoms with Crippen molar-refractivity contribution < 1.29 is 17.3 Å². The van der Waals surface area contributed by atoms with E-state index in [1.54, 1.807) is 12.1 Å². The number of hydrogen-bond acceptors (Lipinski definition) is 4. The van der Waals surface area contributed by atoms with E-state index in [-0.39, 0.29) is 17.4 Å². The maximum atomic E-state index is 12.1. The zero-order valence-electron chi connectivity index (χ0n) is 12.1. The summed E-state index contributed by atoms with van der Waals surface area (Å²) in [6, 6.07) is 5.23. The molecule has 0 atom stereocenters. The standard InChI is InChI=1S/C15H22O4S/c1-12-8-9-14(15(10-12)18-2)19-20(16,17)11-13-6-4-3-5-7-13/h8-10,13H,3-7,11H2,1-2H3. The Bertz CT molecular complexity index is 545. The molecule has 1 aliphatic carbocycles. The lowest BCUT2D eigenvalue weighted by Crippen LogP contribution is -2.22. The first-order valence-corrected chi connectivity index (χ1v) is 8.65. The van der Waals surface area contributed by atoms with Crippen LogP contribution in [0.2, 0.25) is 0 Å². The summed E-state index contributed by atoms with van der Waals surface area (Å²) in [5.41, 5.74) is 0.999. The lowest BCUT2D eigenvalue weighted by molar-refractivity contribution is 0.367. The van der Waals surface area contributed by atoms with Crippen molar-refractivity contribution in [3.8, 4) is 11.5 Å². The van der Waals surface area contributed by atoms with E-state index in [9.17, 15) is 8.42 Å². The maximum Gasteiger partial charge on any atom is 0.309 e. The molecule has 1 fully saturated rings. The molecule has 4 nitrogen and oxygen atoms in total. The van der Waals surface area contributed by atoms with Crippen molar-refractivity contribution in [3.63, 3.8) is 0 Å². The summed E-state index contributed by atoms with van der Waals surface area (Å²) in [4.78, 5) is 0. The highest BCUT2D eigenvalue weighted by atomic mass is 32.2. The first-order chi connectivity index (χ1) is 9.50. The SMILES string of the molecule is COc1cc(C)ccc1OS(=O)(=O)CC1CCCCC1. The lowest BCUT2D eigenvalue weighted by atomic mass is 9.91. The van der Waals surface area contributed by atoms with Gasteiger partial charge < -0.3 is 8.92 Å². The van der Waals surface area contributed by atoms with Crippen LogP contribution in [0.1, 0.15) is 37.7 Å². The van der Waals surface area contributed by atoms with E-state index in [2.05, 4.69) is 0 Å². The average Bonchev–Trinajstić information content (AvgIpc) is 2.41. The van der Waals surface area contributed by atoms with Crippen LogP contribution < -0.4 is 8.92 Å². The number of methoxy groups -OCH3 is 1. The van der Waals surface area contributed by atoms with Crippen molar-refractivity contribution in [2.45, 2.75) is 39.0 Å². The van der Waals surface area contributed by atoms with Gasteiger partial charge in [-0.3, -0.25) is 0 Å². The molecule has 0 radical (unpaired) electrons. The molecule has 1 aromatic rings. The van der Waals surface area contributed by atoms with Crippen molar-refractivity contribution >= 4 is 10.1 Å². The third kappa shape index (κ3) is 4.13. The average molecular weight is 298 g/mol. The van der Waals surface area contributed by atoms with Crippen LogP contribution in [0.15, 0.2) is 18.2 Å². The Hall–Kier alpha value is -1.23. The highest BCUT2D eigenvalue weighted by Gasteiger charge is 2.23. The van der Waals surface area contributed by atoms with Crippen LogP contribution >= 0.6 is 0 Å². The van der Waals surface area contributed by atoms with Gasteiger partial charge in [0, 0.05) is 0 Å². The number of hydrogen-bond donors (Lipinski definition) is 0. The zero-order chi connectivity index (χ0) is 14.6. The monoisotopic (exact) mass is 298 g/mol. The first kappa shape index (κ1) is 15.2. The molecule has 0 amide bonds. The number of rotatable bonds is 5. The van der Waals surface area contributed by atoms with Gasteiger partial charge in [0.1, 0.15) is 0 Å². The minimum atomic E-state index is -3.56. The van der Waals surface area contributed by atoms with Crippen molar-refractivity contribution in [3.05, 3.63) is 23.8 Å². The van der Waals surface area contributed by atoms with Crippen molar-refractivity contribution in [2.24, 2.45) is 5.92 Å². The second kappa shape index (κ2) is 6.48. The Morgan fingerprint density at radius 3 is 2.50 bits per heavy atom. The highest BCUT2D eigenvalue weighted by molar-refractivity contribution is 7.87. The molecule has 5 heteroatoms. The van der Waals surface area contributed by atoms with Crippen LogP contribution in [-0.4, -0.2) is 21.3 Å². The molecular formula is C15H22O4S. The molecular weight excluding hydrogens is 276 g/mol. The third-order valence-corrected chi connectivity index (χ3v) is 5.01. The van der Waals surface area contributed by atoms with E-state index in [0.717, 1.165) is 31.2 Å². The normalized spacial score (nSPS) is 16.9. The molecule has 112 valence electrons. The topological polar surface area (TPSA) is 52.6 Å². The smallest absolute Gasteiger partial charge is 0.309 e. The second-order valence-corrected chi connectivity index (χ2v) is 7.08.